The average molecular weight is 774 g/mol. The van der Waals surface area contributed by atoms with Crippen LogP contribution in [0.3, 0.4) is 0 Å². The first-order valence-electron chi connectivity index (χ1n) is 21.8. The van der Waals surface area contributed by atoms with Crippen LogP contribution < -0.4 is 4.74 Å². The van der Waals surface area contributed by atoms with Crippen LogP contribution in [0.4, 0.5) is 0 Å². The van der Waals surface area contributed by atoms with Crippen LogP contribution in [0.5, 0.6) is 11.5 Å². The number of fused-ring (bicyclic) bond motifs is 9. The van der Waals surface area contributed by atoms with Crippen molar-refractivity contribution in [3.05, 3.63) is 198 Å². The van der Waals surface area contributed by atoms with Crippen molar-refractivity contribution in [2.75, 3.05) is 0 Å². The molecule has 4 saturated carbocycles. The topological polar surface area (TPSA) is 47.9 Å². The van der Waals surface area contributed by atoms with Gasteiger partial charge >= 0.3 is 0 Å². The molecule has 0 saturated heterocycles. The summed E-state index contributed by atoms with van der Waals surface area (Å²) in [6, 6.07) is 61.3. The molecule has 1 aromatic heterocycles. The zero-order valence-corrected chi connectivity index (χ0v) is 33.4. The molecule has 8 aromatic rings. The summed E-state index contributed by atoms with van der Waals surface area (Å²) in [5.41, 5.74) is 13.7. The number of hydrogen-bond donors (Lipinski definition) is 0. The Bertz CT molecular complexity index is 2920. The molecule has 1 aliphatic heterocycles. The van der Waals surface area contributed by atoms with Gasteiger partial charge in [0.15, 0.2) is 11.6 Å². The third kappa shape index (κ3) is 5.06. The molecule has 0 radical (unpaired) electrons. The molecule has 14 rings (SSSR count). The zero-order chi connectivity index (χ0) is 39.4. The molecule has 4 heteroatoms. The highest BCUT2D eigenvalue weighted by Crippen LogP contribution is 2.63. The second-order valence-corrected chi connectivity index (χ2v) is 18.2. The minimum atomic E-state index is -0.517. The Morgan fingerprint density at radius 1 is 0.383 bits per heavy atom. The van der Waals surface area contributed by atoms with Crippen molar-refractivity contribution in [3.63, 3.8) is 0 Å². The lowest BCUT2D eigenvalue weighted by atomic mass is 9.49. The molecule has 60 heavy (non-hydrogen) atoms. The van der Waals surface area contributed by atoms with Crippen molar-refractivity contribution >= 4 is 0 Å². The molecule has 288 valence electrons. The quantitative estimate of drug-likeness (QED) is 0.175. The van der Waals surface area contributed by atoms with Gasteiger partial charge in [0.2, 0.25) is 0 Å². The highest BCUT2D eigenvalue weighted by atomic mass is 16.5. The van der Waals surface area contributed by atoms with Gasteiger partial charge in [-0.1, -0.05) is 146 Å². The van der Waals surface area contributed by atoms with Crippen LogP contribution in [0.25, 0.3) is 56.2 Å². The van der Waals surface area contributed by atoms with Crippen LogP contribution in [-0.4, -0.2) is 15.0 Å². The Morgan fingerprint density at radius 2 is 0.883 bits per heavy atom. The maximum atomic E-state index is 6.75. The summed E-state index contributed by atoms with van der Waals surface area (Å²) in [6.07, 6.45) is 7.73. The van der Waals surface area contributed by atoms with Gasteiger partial charge in [-0.3, -0.25) is 0 Å². The van der Waals surface area contributed by atoms with Gasteiger partial charge in [-0.2, -0.15) is 0 Å². The molecule has 1 spiro atoms. The molecule has 6 aliphatic rings. The van der Waals surface area contributed by atoms with Crippen molar-refractivity contribution in [2.45, 2.75) is 49.4 Å². The number of aromatic nitrogens is 3. The summed E-state index contributed by atoms with van der Waals surface area (Å²) < 4.78 is 6.75. The first-order valence-corrected chi connectivity index (χ1v) is 21.8. The van der Waals surface area contributed by atoms with Crippen molar-refractivity contribution < 1.29 is 4.74 Å². The molecule has 0 atom stereocenters. The number of hydrogen-bond acceptors (Lipinski definition) is 4. The van der Waals surface area contributed by atoms with E-state index in [-0.39, 0.29) is 5.41 Å². The Labute approximate surface area is 351 Å². The number of para-hydroxylation sites is 1. The van der Waals surface area contributed by atoms with Gasteiger partial charge in [-0.15, -0.1) is 0 Å². The second-order valence-electron chi connectivity index (χ2n) is 18.2. The van der Waals surface area contributed by atoms with E-state index >= 15 is 0 Å². The number of nitrogens with zero attached hydrogens (tertiary/aromatic N) is 3. The van der Waals surface area contributed by atoms with E-state index in [0.29, 0.717) is 0 Å². The SMILES string of the molecule is c1ccc(-c2ccc(-c3nc(-c4cccc(-c5ccc6c(c5)C5(c7ccccc7O6)c6ccccc6-c6ccccc65)c4)nc(C45CC6CC(CC(C6)C4)C5)n3)cc2)cc1. The van der Waals surface area contributed by atoms with Gasteiger partial charge < -0.3 is 4.74 Å². The molecule has 0 N–H and O–H groups in total. The van der Waals surface area contributed by atoms with E-state index in [1.165, 1.54) is 77.5 Å². The first kappa shape index (κ1) is 34.2. The molecule has 4 nitrogen and oxygen atoms in total. The molecule has 7 aromatic carbocycles. The number of ether oxygens (including phenoxy) is 1. The van der Waals surface area contributed by atoms with Gasteiger partial charge in [-0.25, -0.2) is 15.0 Å². The average Bonchev–Trinajstić information content (AvgIpc) is 3.59. The standard InChI is InChI=1S/C56H43N3O/c1-2-11-38(12-3-1)39-21-23-40(24-22-39)52-57-53(59-54(58-52)55-32-35-27-36(33-55)29-37(28-35)34-55)43-14-10-13-41(30-43)42-25-26-51-49(31-42)56(48-19-8-9-20-50(48)60-51)46-17-6-4-15-44(46)45-16-5-7-18-47(45)56/h1-26,30-31,35-37H,27-29,32-34H2. The van der Waals surface area contributed by atoms with E-state index < -0.39 is 5.41 Å². The van der Waals surface area contributed by atoms with Crippen LogP contribution >= 0.6 is 0 Å². The minimum Gasteiger partial charge on any atom is -0.457 e. The largest absolute Gasteiger partial charge is 0.457 e. The van der Waals surface area contributed by atoms with Gasteiger partial charge in [0.1, 0.15) is 17.3 Å². The monoisotopic (exact) mass is 773 g/mol. The van der Waals surface area contributed by atoms with Gasteiger partial charge in [0, 0.05) is 27.7 Å². The lowest BCUT2D eigenvalue weighted by Crippen LogP contribution is -2.49. The van der Waals surface area contributed by atoms with Crippen molar-refractivity contribution in [1.29, 1.82) is 0 Å². The van der Waals surface area contributed by atoms with E-state index in [0.717, 1.165) is 74.5 Å². The van der Waals surface area contributed by atoms with Crippen molar-refractivity contribution in [1.82, 2.24) is 15.0 Å². The highest BCUT2D eigenvalue weighted by Gasteiger charge is 2.54. The third-order valence-corrected chi connectivity index (χ3v) is 14.7. The van der Waals surface area contributed by atoms with Crippen LogP contribution in [0, 0.1) is 17.8 Å². The van der Waals surface area contributed by atoms with Crippen LogP contribution in [-0.2, 0) is 10.8 Å². The van der Waals surface area contributed by atoms with Gasteiger partial charge in [-0.05, 0) is 125 Å². The van der Waals surface area contributed by atoms with E-state index in [1.54, 1.807) is 0 Å². The Hall–Kier alpha value is -6.65. The van der Waals surface area contributed by atoms with E-state index in [2.05, 4.69) is 170 Å². The Balaban J connectivity index is 0.952. The normalized spacial score (nSPS) is 22.1. The van der Waals surface area contributed by atoms with Crippen LogP contribution in [0.1, 0.15) is 66.6 Å². The summed E-state index contributed by atoms with van der Waals surface area (Å²) in [7, 11) is 0. The maximum Gasteiger partial charge on any atom is 0.163 e. The molecule has 0 amide bonds. The predicted molar refractivity (Wildman–Crippen MR) is 239 cm³/mol. The fourth-order valence-corrected chi connectivity index (χ4v) is 12.6. The predicted octanol–water partition coefficient (Wildman–Crippen LogP) is 13.5. The molecule has 2 heterocycles. The fourth-order valence-electron chi connectivity index (χ4n) is 12.6. The minimum absolute atomic E-state index is 0.0275. The molecule has 4 bridgehead atoms. The van der Waals surface area contributed by atoms with Crippen molar-refractivity contribution in [2.24, 2.45) is 17.8 Å². The summed E-state index contributed by atoms with van der Waals surface area (Å²) in [6.45, 7) is 0. The number of rotatable bonds is 5. The fraction of sp³-hybridized carbons (Fsp3) is 0.196. The van der Waals surface area contributed by atoms with E-state index in [9.17, 15) is 0 Å². The van der Waals surface area contributed by atoms with Gasteiger partial charge in [0.25, 0.3) is 0 Å². The first-order chi connectivity index (χ1) is 29.6. The summed E-state index contributed by atoms with van der Waals surface area (Å²) >= 11 is 0. The van der Waals surface area contributed by atoms with Crippen LogP contribution in [0.2, 0.25) is 0 Å². The Kier molecular flexibility index (Phi) is 7.37. The smallest absolute Gasteiger partial charge is 0.163 e. The van der Waals surface area contributed by atoms with Crippen LogP contribution in [0.15, 0.2) is 170 Å². The summed E-state index contributed by atoms with van der Waals surface area (Å²) in [4.78, 5) is 16.2. The second kappa shape index (κ2) is 12.9. The molecule has 0 unspecified atom stereocenters. The summed E-state index contributed by atoms with van der Waals surface area (Å²) in [5, 5.41) is 0. The Morgan fingerprint density at radius 3 is 1.58 bits per heavy atom. The molecule has 4 fully saturated rings. The van der Waals surface area contributed by atoms with Gasteiger partial charge in [0.05, 0.1) is 5.41 Å². The highest BCUT2D eigenvalue weighted by molar-refractivity contribution is 5.89. The zero-order valence-electron chi connectivity index (χ0n) is 33.4. The lowest BCUT2D eigenvalue weighted by molar-refractivity contribution is -0.00938. The van der Waals surface area contributed by atoms with E-state index in [4.69, 9.17) is 19.7 Å². The van der Waals surface area contributed by atoms with E-state index in [1.807, 2.05) is 0 Å². The molecular weight excluding hydrogens is 731 g/mol. The number of benzene rings is 7. The van der Waals surface area contributed by atoms with Crippen molar-refractivity contribution in [3.8, 4) is 67.7 Å². The maximum absolute atomic E-state index is 6.75. The third-order valence-electron chi connectivity index (χ3n) is 14.7. The molecule has 5 aliphatic carbocycles. The summed E-state index contributed by atoms with van der Waals surface area (Å²) in [5.74, 6) is 6.68. The molecular formula is C56H43N3O. The lowest BCUT2D eigenvalue weighted by Gasteiger charge is -2.56.